The van der Waals surface area contributed by atoms with Crippen molar-refractivity contribution in [3.8, 4) is 5.75 Å². The molecule has 136 valence electrons. The maximum atomic E-state index is 11.6. The fourth-order valence-corrected chi connectivity index (χ4v) is 3.31. The van der Waals surface area contributed by atoms with Crippen LogP contribution in [0.1, 0.15) is 30.2 Å². The molecular weight excluding hydrogens is 318 g/mol. The van der Waals surface area contributed by atoms with Gasteiger partial charge in [-0.1, -0.05) is 0 Å². The third-order valence-corrected chi connectivity index (χ3v) is 4.87. The number of benzene rings is 1. The van der Waals surface area contributed by atoms with Crippen LogP contribution in [-0.2, 0) is 0 Å². The van der Waals surface area contributed by atoms with Gasteiger partial charge in [0.05, 0.1) is 11.1 Å². The van der Waals surface area contributed by atoms with Crippen molar-refractivity contribution in [1.82, 2.24) is 14.4 Å². The Morgan fingerprint density at radius 3 is 2.60 bits per heavy atom. The van der Waals surface area contributed by atoms with Crippen molar-refractivity contribution in [2.24, 2.45) is 0 Å². The quantitative estimate of drug-likeness (QED) is 0.872. The topological polar surface area (TPSA) is 57.9 Å². The smallest absolute Gasteiger partial charge is 0.336 e. The van der Waals surface area contributed by atoms with E-state index in [4.69, 9.17) is 4.74 Å². The minimum Gasteiger partial charge on any atom is -0.492 e. The molecule has 1 N–H and O–H groups in total. The molecule has 2 aromatic rings. The van der Waals surface area contributed by atoms with Gasteiger partial charge in [0.15, 0.2) is 0 Å². The number of carboxylic acids is 1. The third-order valence-electron chi connectivity index (χ3n) is 4.87. The normalized spacial score (nSPS) is 16.6. The SMILES string of the molecule is CC(C)n1ccc2c(C(=O)O)cc(OCCN3CCN(C)CC3)cc21. The van der Waals surface area contributed by atoms with E-state index in [0.717, 1.165) is 43.6 Å². The van der Waals surface area contributed by atoms with Gasteiger partial charge in [0.2, 0.25) is 0 Å². The lowest BCUT2D eigenvalue weighted by atomic mass is 10.1. The molecule has 0 atom stereocenters. The van der Waals surface area contributed by atoms with Gasteiger partial charge in [0.1, 0.15) is 12.4 Å². The summed E-state index contributed by atoms with van der Waals surface area (Å²) in [7, 11) is 2.14. The van der Waals surface area contributed by atoms with Crippen LogP contribution in [0, 0.1) is 0 Å². The summed E-state index contributed by atoms with van der Waals surface area (Å²) in [6.45, 7) is 9.86. The highest BCUT2D eigenvalue weighted by Crippen LogP contribution is 2.28. The molecule has 6 heteroatoms. The van der Waals surface area contributed by atoms with Crippen LogP contribution >= 0.6 is 0 Å². The number of hydrogen-bond acceptors (Lipinski definition) is 4. The molecule has 1 saturated heterocycles. The van der Waals surface area contributed by atoms with Crippen molar-refractivity contribution in [3.05, 3.63) is 30.0 Å². The number of nitrogens with zero attached hydrogens (tertiary/aromatic N) is 3. The zero-order valence-corrected chi connectivity index (χ0v) is 15.2. The highest BCUT2D eigenvalue weighted by atomic mass is 16.5. The van der Waals surface area contributed by atoms with Crippen LogP contribution in [0.25, 0.3) is 10.9 Å². The van der Waals surface area contributed by atoms with Crippen LogP contribution in [0.2, 0.25) is 0 Å². The maximum absolute atomic E-state index is 11.6. The van der Waals surface area contributed by atoms with Crippen molar-refractivity contribution in [2.75, 3.05) is 46.4 Å². The number of rotatable bonds is 6. The molecule has 1 fully saturated rings. The Balaban J connectivity index is 1.74. The molecule has 0 spiro atoms. The van der Waals surface area contributed by atoms with Crippen LogP contribution in [-0.4, -0.2) is 71.8 Å². The summed E-state index contributed by atoms with van der Waals surface area (Å²) in [4.78, 5) is 16.3. The molecule has 0 bridgehead atoms. The van der Waals surface area contributed by atoms with Gasteiger partial charge >= 0.3 is 5.97 Å². The van der Waals surface area contributed by atoms with Crippen molar-refractivity contribution >= 4 is 16.9 Å². The number of carboxylic acid groups (broad SMARTS) is 1. The number of likely N-dealkylation sites (N-methyl/N-ethyl adjacent to an activating group) is 1. The fourth-order valence-electron chi connectivity index (χ4n) is 3.31. The second kappa shape index (κ2) is 7.45. The molecule has 0 amide bonds. The average molecular weight is 345 g/mol. The standard InChI is InChI=1S/C19H27N3O3/c1-14(2)22-5-4-16-17(19(23)24)12-15(13-18(16)22)25-11-10-21-8-6-20(3)7-9-21/h4-5,12-14H,6-11H2,1-3H3,(H,23,24). The molecule has 0 unspecified atom stereocenters. The minimum absolute atomic E-state index is 0.264. The molecule has 6 nitrogen and oxygen atoms in total. The summed E-state index contributed by atoms with van der Waals surface area (Å²) in [5, 5.41) is 10.3. The Kier molecular flexibility index (Phi) is 5.30. The Bertz CT molecular complexity index is 746. The van der Waals surface area contributed by atoms with E-state index in [1.54, 1.807) is 6.07 Å². The van der Waals surface area contributed by atoms with E-state index in [9.17, 15) is 9.90 Å². The molecule has 1 aromatic heterocycles. The van der Waals surface area contributed by atoms with Crippen LogP contribution in [0.4, 0.5) is 0 Å². The van der Waals surface area contributed by atoms with Gasteiger partial charge in [-0.05, 0) is 33.0 Å². The first-order chi connectivity index (χ1) is 12.0. The predicted octanol–water partition coefficient (Wildman–Crippen LogP) is 2.55. The highest BCUT2D eigenvalue weighted by Gasteiger charge is 2.16. The van der Waals surface area contributed by atoms with Gasteiger partial charge in [-0.15, -0.1) is 0 Å². The Morgan fingerprint density at radius 2 is 1.96 bits per heavy atom. The molecule has 0 aliphatic carbocycles. The third kappa shape index (κ3) is 3.96. The van der Waals surface area contributed by atoms with E-state index < -0.39 is 5.97 Å². The average Bonchev–Trinajstić information content (AvgIpc) is 3.00. The lowest BCUT2D eigenvalue weighted by Gasteiger charge is -2.32. The summed E-state index contributed by atoms with van der Waals surface area (Å²) < 4.78 is 7.99. The van der Waals surface area contributed by atoms with Crippen molar-refractivity contribution < 1.29 is 14.6 Å². The molecule has 1 aliphatic rings. The highest BCUT2D eigenvalue weighted by molar-refractivity contribution is 6.03. The Hall–Kier alpha value is -2.05. The van der Waals surface area contributed by atoms with E-state index in [-0.39, 0.29) is 6.04 Å². The molecule has 0 radical (unpaired) electrons. The number of hydrogen-bond donors (Lipinski definition) is 1. The predicted molar refractivity (Wildman–Crippen MR) is 98.7 cm³/mol. The Labute approximate surface area is 148 Å². The fraction of sp³-hybridized carbons (Fsp3) is 0.526. The summed E-state index contributed by atoms with van der Waals surface area (Å²) >= 11 is 0. The number of carbonyl (C=O) groups is 1. The van der Waals surface area contributed by atoms with E-state index >= 15 is 0 Å². The summed E-state index contributed by atoms with van der Waals surface area (Å²) in [5.41, 5.74) is 1.20. The molecule has 25 heavy (non-hydrogen) atoms. The van der Waals surface area contributed by atoms with Crippen LogP contribution in [0.15, 0.2) is 24.4 Å². The number of piperazine rings is 1. The zero-order chi connectivity index (χ0) is 18.0. The number of aromatic carboxylic acids is 1. The largest absolute Gasteiger partial charge is 0.492 e. The van der Waals surface area contributed by atoms with Crippen LogP contribution in [0.5, 0.6) is 5.75 Å². The van der Waals surface area contributed by atoms with Gasteiger partial charge in [0.25, 0.3) is 0 Å². The van der Waals surface area contributed by atoms with E-state index in [2.05, 4.69) is 35.3 Å². The van der Waals surface area contributed by atoms with Gasteiger partial charge < -0.3 is 19.3 Å². The maximum Gasteiger partial charge on any atom is 0.336 e. The van der Waals surface area contributed by atoms with Crippen LogP contribution in [0.3, 0.4) is 0 Å². The van der Waals surface area contributed by atoms with Crippen molar-refractivity contribution in [1.29, 1.82) is 0 Å². The van der Waals surface area contributed by atoms with Crippen molar-refractivity contribution in [3.63, 3.8) is 0 Å². The molecule has 2 heterocycles. The van der Waals surface area contributed by atoms with Gasteiger partial charge in [-0.25, -0.2) is 4.79 Å². The zero-order valence-electron chi connectivity index (χ0n) is 15.2. The Morgan fingerprint density at radius 1 is 1.24 bits per heavy atom. The summed E-state index contributed by atoms with van der Waals surface area (Å²) in [6, 6.07) is 5.72. The molecular formula is C19H27N3O3. The van der Waals surface area contributed by atoms with Crippen LogP contribution < -0.4 is 4.74 Å². The first kappa shape index (κ1) is 17.8. The number of ether oxygens (including phenoxy) is 1. The summed E-state index contributed by atoms with van der Waals surface area (Å²) in [5.74, 6) is -0.296. The van der Waals surface area contributed by atoms with E-state index in [1.807, 2.05) is 18.3 Å². The monoisotopic (exact) mass is 345 g/mol. The molecule has 0 saturated carbocycles. The van der Waals surface area contributed by atoms with E-state index in [0.29, 0.717) is 17.9 Å². The summed E-state index contributed by atoms with van der Waals surface area (Å²) in [6.07, 6.45) is 1.94. The first-order valence-corrected chi connectivity index (χ1v) is 8.87. The molecule has 1 aromatic carbocycles. The lowest BCUT2D eigenvalue weighted by Crippen LogP contribution is -2.45. The van der Waals surface area contributed by atoms with E-state index in [1.165, 1.54) is 0 Å². The van der Waals surface area contributed by atoms with Crippen molar-refractivity contribution in [2.45, 2.75) is 19.9 Å². The van der Waals surface area contributed by atoms with Gasteiger partial charge in [-0.2, -0.15) is 0 Å². The first-order valence-electron chi connectivity index (χ1n) is 8.87. The van der Waals surface area contributed by atoms with Gasteiger partial charge in [-0.3, -0.25) is 4.90 Å². The minimum atomic E-state index is -0.920. The molecule has 1 aliphatic heterocycles. The molecule has 3 rings (SSSR count). The second-order valence-electron chi connectivity index (χ2n) is 7.02. The number of aromatic nitrogens is 1. The second-order valence-corrected chi connectivity index (χ2v) is 7.02. The lowest BCUT2D eigenvalue weighted by molar-refractivity contribution is 0.0698. The van der Waals surface area contributed by atoms with Gasteiger partial charge in [0, 0.05) is 56.4 Å². The number of fused-ring (bicyclic) bond motifs is 1.